The average molecular weight is 718 g/mol. The van der Waals surface area contributed by atoms with E-state index in [0.29, 0.717) is 23.5 Å². The first-order valence-corrected chi connectivity index (χ1v) is 19.5. The summed E-state index contributed by atoms with van der Waals surface area (Å²) in [6.45, 7) is 23.3. The molecule has 9 atom stereocenters. The number of nitriles is 1. The fourth-order valence-corrected chi connectivity index (χ4v) is 12.8. The van der Waals surface area contributed by atoms with Crippen LogP contribution in [-0.4, -0.2) is 50.3 Å². The first-order valence-electron chi connectivity index (χ1n) is 19.5. The standard InChI is InChI=1S/C45H55N3O5/c1-23(2)35-38(51)33-32-26(29-22-41(4,5)53-42(6,7)34(29)37(32)50)21-27-28-20-25-13-14-30-43(8,16-11-12-24(3)40(52)47-19-18-46)31(49)15-17-44(30,9)45(25,10)39(28)48(35)36(27)33/h11-12,16,21-22,25,30-31,34-35,37,49-50H,1,13-15,17,19-20H2,2-10H3,(H,47,52)/b16-11+,24-12+. The Hall–Kier alpha value is -3.77. The number of benzene rings is 1. The lowest BCUT2D eigenvalue weighted by Gasteiger charge is -2.64. The van der Waals surface area contributed by atoms with Crippen LogP contribution in [0.3, 0.4) is 0 Å². The van der Waals surface area contributed by atoms with Gasteiger partial charge in [0.1, 0.15) is 12.6 Å². The second-order valence-electron chi connectivity index (χ2n) is 18.9. The highest BCUT2D eigenvalue weighted by Crippen LogP contribution is 2.71. The molecular formula is C45H55N3O5. The normalized spacial score (nSPS) is 37.4. The van der Waals surface area contributed by atoms with Gasteiger partial charge in [0.2, 0.25) is 5.91 Å². The van der Waals surface area contributed by atoms with Gasteiger partial charge in [-0.1, -0.05) is 51.2 Å². The average Bonchev–Trinajstić information content (AvgIpc) is 3.74. The molecule has 8 heteroatoms. The zero-order chi connectivity index (χ0) is 38.4. The number of carbonyl (C=O) groups is 2. The van der Waals surface area contributed by atoms with Gasteiger partial charge in [0.05, 0.1) is 40.6 Å². The third-order valence-electron chi connectivity index (χ3n) is 15.1. The van der Waals surface area contributed by atoms with E-state index in [1.54, 1.807) is 13.0 Å². The van der Waals surface area contributed by atoms with E-state index in [2.05, 4.69) is 83.1 Å². The van der Waals surface area contributed by atoms with E-state index in [9.17, 15) is 19.8 Å². The Morgan fingerprint density at radius 3 is 2.53 bits per heavy atom. The molecule has 0 bridgehead atoms. The molecule has 1 aromatic carbocycles. The molecule has 0 saturated heterocycles. The number of aliphatic hydroxyl groups is 2. The molecule has 1 amide bonds. The highest BCUT2D eigenvalue weighted by atomic mass is 16.5. The Balaban J connectivity index is 1.30. The molecule has 2 aliphatic heterocycles. The van der Waals surface area contributed by atoms with Crippen molar-refractivity contribution in [3.05, 3.63) is 76.0 Å². The van der Waals surface area contributed by atoms with Crippen molar-refractivity contribution in [2.45, 2.75) is 129 Å². The quantitative estimate of drug-likeness (QED) is 0.126. The summed E-state index contributed by atoms with van der Waals surface area (Å²) < 4.78 is 8.88. The fourth-order valence-electron chi connectivity index (χ4n) is 12.8. The lowest BCUT2D eigenvalue weighted by Crippen LogP contribution is -2.62. The number of fused-ring (bicyclic) bond motifs is 11. The van der Waals surface area contributed by atoms with Crippen LogP contribution in [0.1, 0.15) is 133 Å². The minimum Gasteiger partial charge on any atom is -0.392 e. The molecule has 4 aliphatic carbocycles. The maximum absolute atomic E-state index is 14.9. The van der Waals surface area contributed by atoms with Gasteiger partial charge in [-0.05, 0) is 120 Å². The van der Waals surface area contributed by atoms with E-state index in [-0.39, 0.29) is 40.9 Å². The second kappa shape index (κ2) is 11.4. The molecular weight excluding hydrogens is 663 g/mol. The number of amides is 1. The summed E-state index contributed by atoms with van der Waals surface area (Å²) in [5.74, 6) is -0.0378. The molecule has 9 unspecified atom stereocenters. The summed E-state index contributed by atoms with van der Waals surface area (Å²) >= 11 is 0. The predicted molar refractivity (Wildman–Crippen MR) is 206 cm³/mol. The van der Waals surface area contributed by atoms with Crippen LogP contribution in [0.4, 0.5) is 0 Å². The Morgan fingerprint density at radius 2 is 1.85 bits per heavy atom. The number of rotatable bonds is 5. The number of hydrogen-bond donors (Lipinski definition) is 3. The number of Topliss-reactive ketones (excluding diaryl/α,β-unsaturated/α-hetero) is 1. The van der Waals surface area contributed by atoms with Crippen LogP contribution < -0.4 is 5.32 Å². The topological polar surface area (TPSA) is 125 Å². The monoisotopic (exact) mass is 717 g/mol. The van der Waals surface area contributed by atoms with Crippen molar-refractivity contribution in [2.75, 3.05) is 6.54 Å². The number of nitrogens with one attached hydrogen (secondary N) is 1. The summed E-state index contributed by atoms with van der Waals surface area (Å²) in [6, 6.07) is 3.69. The van der Waals surface area contributed by atoms with Gasteiger partial charge in [-0.2, -0.15) is 5.26 Å². The van der Waals surface area contributed by atoms with Gasteiger partial charge in [0.15, 0.2) is 5.78 Å². The summed E-state index contributed by atoms with van der Waals surface area (Å²) in [6.07, 6.45) is 10.9. The van der Waals surface area contributed by atoms with Crippen molar-refractivity contribution in [1.29, 1.82) is 5.26 Å². The maximum atomic E-state index is 14.9. The minimum absolute atomic E-state index is 0.0193. The lowest BCUT2D eigenvalue weighted by atomic mass is 9.40. The summed E-state index contributed by atoms with van der Waals surface area (Å²) in [5.41, 5.74) is 6.05. The SMILES string of the molecule is C=C(C)C1C(=O)c2c3c(cc4c5c(n1c24)C1(C)C(CCC2C(C)(/C=C/C=C(\C)C(=O)NCC#N)C(O)CCC21C)C5)C1=CC(C)(C)OC(C)(C)C1C3O. The van der Waals surface area contributed by atoms with Crippen LogP contribution in [0.15, 0.2) is 48.1 Å². The first-order chi connectivity index (χ1) is 24.7. The molecule has 53 heavy (non-hydrogen) atoms. The second-order valence-corrected chi connectivity index (χ2v) is 18.9. The highest BCUT2D eigenvalue weighted by Gasteiger charge is 2.67. The van der Waals surface area contributed by atoms with Gasteiger partial charge in [-0.3, -0.25) is 9.59 Å². The van der Waals surface area contributed by atoms with Crippen molar-refractivity contribution in [2.24, 2.45) is 28.6 Å². The zero-order valence-electron chi connectivity index (χ0n) is 32.8. The third-order valence-corrected chi connectivity index (χ3v) is 15.1. The molecule has 6 aliphatic rings. The van der Waals surface area contributed by atoms with Crippen LogP contribution in [0.2, 0.25) is 0 Å². The van der Waals surface area contributed by atoms with Crippen LogP contribution in [0, 0.1) is 39.9 Å². The zero-order valence-corrected chi connectivity index (χ0v) is 32.8. The van der Waals surface area contributed by atoms with E-state index < -0.39 is 34.9 Å². The molecule has 2 fully saturated rings. The van der Waals surface area contributed by atoms with Crippen molar-refractivity contribution in [3.63, 3.8) is 0 Å². The Kier molecular flexibility index (Phi) is 7.78. The molecule has 2 aromatic rings. The van der Waals surface area contributed by atoms with Gasteiger partial charge in [0, 0.05) is 39.0 Å². The van der Waals surface area contributed by atoms with Gasteiger partial charge in [-0.15, -0.1) is 0 Å². The van der Waals surface area contributed by atoms with E-state index in [0.717, 1.165) is 58.9 Å². The molecule has 8 nitrogen and oxygen atoms in total. The van der Waals surface area contributed by atoms with Crippen LogP contribution in [0.25, 0.3) is 16.5 Å². The lowest BCUT2D eigenvalue weighted by molar-refractivity contribution is -0.144. The first kappa shape index (κ1) is 36.2. The van der Waals surface area contributed by atoms with Gasteiger partial charge in [0.25, 0.3) is 0 Å². The van der Waals surface area contributed by atoms with E-state index in [4.69, 9.17) is 10.00 Å². The molecule has 280 valence electrons. The van der Waals surface area contributed by atoms with Crippen LogP contribution in [0.5, 0.6) is 0 Å². The van der Waals surface area contributed by atoms with Crippen LogP contribution >= 0.6 is 0 Å². The number of hydrogen-bond acceptors (Lipinski definition) is 6. The number of allylic oxidation sites excluding steroid dienone is 3. The van der Waals surface area contributed by atoms with Crippen LogP contribution in [-0.2, 0) is 21.4 Å². The number of aliphatic hydroxyl groups excluding tert-OH is 2. The van der Waals surface area contributed by atoms with Gasteiger partial charge >= 0.3 is 0 Å². The van der Waals surface area contributed by atoms with Crippen molar-refractivity contribution in [1.82, 2.24) is 9.88 Å². The summed E-state index contributed by atoms with van der Waals surface area (Å²) in [4.78, 5) is 27.4. The van der Waals surface area contributed by atoms with Crippen molar-refractivity contribution < 1.29 is 24.5 Å². The molecule has 3 heterocycles. The number of aromatic nitrogens is 1. The Labute approximate surface area is 313 Å². The minimum atomic E-state index is -0.866. The largest absolute Gasteiger partial charge is 0.392 e. The van der Waals surface area contributed by atoms with Crippen molar-refractivity contribution in [3.8, 4) is 6.07 Å². The van der Waals surface area contributed by atoms with E-state index in [1.807, 2.05) is 19.1 Å². The van der Waals surface area contributed by atoms with Crippen molar-refractivity contribution >= 4 is 28.2 Å². The highest BCUT2D eigenvalue weighted by molar-refractivity contribution is 6.18. The smallest absolute Gasteiger partial charge is 0.247 e. The number of carbonyl (C=O) groups excluding carboxylic acids is 2. The molecule has 8 rings (SSSR count). The molecule has 0 radical (unpaired) electrons. The van der Waals surface area contributed by atoms with Gasteiger partial charge in [-0.25, -0.2) is 0 Å². The Morgan fingerprint density at radius 1 is 1.13 bits per heavy atom. The van der Waals surface area contributed by atoms with E-state index >= 15 is 0 Å². The molecule has 3 N–H and O–H groups in total. The number of ether oxygens (including phenoxy) is 1. The summed E-state index contributed by atoms with van der Waals surface area (Å²) in [7, 11) is 0. The molecule has 0 spiro atoms. The summed E-state index contributed by atoms with van der Waals surface area (Å²) in [5, 5.41) is 36.6. The fraction of sp³-hybridized carbons (Fsp3) is 0.578. The number of nitrogens with zero attached hydrogens (tertiary/aromatic N) is 2. The Bertz CT molecular complexity index is 2160. The van der Waals surface area contributed by atoms with Gasteiger partial charge < -0.3 is 24.8 Å². The predicted octanol–water partition coefficient (Wildman–Crippen LogP) is 7.74. The molecule has 1 aromatic heterocycles. The third kappa shape index (κ3) is 4.57. The van der Waals surface area contributed by atoms with E-state index in [1.165, 1.54) is 11.3 Å². The maximum Gasteiger partial charge on any atom is 0.247 e. The number of ketones is 1. The molecule has 2 saturated carbocycles.